The van der Waals surface area contributed by atoms with Crippen molar-refractivity contribution in [2.24, 2.45) is 0 Å². The Labute approximate surface area is 129 Å². The summed E-state index contributed by atoms with van der Waals surface area (Å²) in [6, 6.07) is 8.47. The predicted molar refractivity (Wildman–Crippen MR) is 89.0 cm³/mol. The van der Waals surface area contributed by atoms with Crippen molar-refractivity contribution in [2.75, 3.05) is 6.54 Å². The molecule has 1 heterocycles. The summed E-state index contributed by atoms with van der Waals surface area (Å²) in [7, 11) is 0. The summed E-state index contributed by atoms with van der Waals surface area (Å²) in [4.78, 5) is 0. The minimum Gasteiger partial charge on any atom is -0.458 e. The lowest BCUT2D eigenvalue weighted by molar-refractivity contribution is 0.424. The minimum atomic E-state index is 0.210. The van der Waals surface area contributed by atoms with Crippen LogP contribution in [0.5, 0.6) is 0 Å². The third-order valence-corrected chi connectivity index (χ3v) is 4.12. The highest BCUT2D eigenvalue weighted by Crippen LogP contribution is 2.31. The molecule has 0 spiro atoms. The van der Waals surface area contributed by atoms with Crippen molar-refractivity contribution in [1.29, 1.82) is 0 Å². The van der Waals surface area contributed by atoms with E-state index in [-0.39, 0.29) is 6.04 Å². The molecule has 3 heteroatoms. The zero-order valence-electron chi connectivity index (χ0n) is 12.2. The monoisotopic (exact) mass is 335 g/mol. The maximum Gasteiger partial charge on any atom is 0.148 e. The largest absolute Gasteiger partial charge is 0.458 e. The normalized spacial score (nSPS) is 12.8. The fourth-order valence-electron chi connectivity index (χ4n) is 2.24. The van der Waals surface area contributed by atoms with Crippen LogP contribution >= 0.6 is 15.9 Å². The Balaban J connectivity index is 2.29. The highest BCUT2D eigenvalue weighted by Gasteiger charge is 2.17. The Morgan fingerprint density at radius 2 is 2.20 bits per heavy atom. The summed E-state index contributed by atoms with van der Waals surface area (Å²) < 4.78 is 7.06. The number of para-hydroxylation sites is 1. The summed E-state index contributed by atoms with van der Waals surface area (Å²) in [5.74, 6) is 0.995. The van der Waals surface area contributed by atoms with E-state index in [9.17, 15) is 0 Å². The number of nitrogens with one attached hydrogen (secondary N) is 1. The van der Waals surface area contributed by atoms with Gasteiger partial charge in [0.2, 0.25) is 0 Å². The SMILES string of the molecule is C=C(CC)CC(NCCC)c1cc2cccc(Br)c2o1. The van der Waals surface area contributed by atoms with Crippen molar-refractivity contribution in [3.63, 3.8) is 0 Å². The number of hydrogen-bond donors (Lipinski definition) is 1. The van der Waals surface area contributed by atoms with Crippen LogP contribution in [0.2, 0.25) is 0 Å². The lowest BCUT2D eigenvalue weighted by Crippen LogP contribution is -2.22. The molecule has 2 nitrogen and oxygen atoms in total. The molecule has 1 unspecified atom stereocenters. The van der Waals surface area contributed by atoms with Gasteiger partial charge >= 0.3 is 0 Å². The molecule has 1 aromatic heterocycles. The molecule has 20 heavy (non-hydrogen) atoms. The molecule has 0 saturated heterocycles. The van der Waals surface area contributed by atoms with Crippen molar-refractivity contribution in [3.8, 4) is 0 Å². The Morgan fingerprint density at radius 1 is 1.40 bits per heavy atom. The molecule has 2 aromatic rings. The van der Waals surface area contributed by atoms with Crippen LogP contribution in [0, 0.1) is 0 Å². The number of hydrogen-bond acceptors (Lipinski definition) is 2. The van der Waals surface area contributed by atoms with Crippen molar-refractivity contribution < 1.29 is 4.42 Å². The van der Waals surface area contributed by atoms with E-state index in [0.29, 0.717) is 0 Å². The van der Waals surface area contributed by atoms with Crippen LogP contribution in [0.1, 0.15) is 44.9 Å². The van der Waals surface area contributed by atoms with Crippen LogP contribution in [-0.2, 0) is 0 Å². The molecule has 2 rings (SSSR count). The minimum absolute atomic E-state index is 0.210. The summed E-state index contributed by atoms with van der Waals surface area (Å²) in [6.45, 7) is 9.43. The van der Waals surface area contributed by atoms with E-state index in [0.717, 1.165) is 47.0 Å². The molecule has 0 saturated carbocycles. The summed E-state index contributed by atoms with van der Waals surface area (Å²) in [5.41, 5.74) is 2.17. The van der Waals surface area contributed by atoms with Crippen LogP contribution in [0.3, 0.4) is 0 Å². The molecule has 0 fully saturated rings. The van der Waals surface area contributed by atoms with Crippen LogP contribution in [0.4, 0.5) is 0 Å². The third-order valence-electron chi connectivity index (χ3n) is 3.49. The van der Waals surface area contributed by atoms with Crippen molar-refractivity contribution in [1.82, 2.24) is 5.32 Å². The highest BCUT2D eigenvalue weighted by molar-refractivity contribution is 9.10. The van der Waals surface area contributed by atoms with Gasteiger partial charge in [-0.15, -0.1) is 0 Å². The predicted octanol–water partition coefficient (Wildman–Crippen LogP) is 5.59. The zero-order valence-corrected chi connectivity index (χ0v) is 13.8. The maximum atomic E-state index is 6.05. The number of benzene rings is 1. The van der Waals surface area contributed by atoms with Gasteiger partial charge in [0.25, 0.3) is 0 Å². The molecule has 0 aliphatic heterocycles. The fraction of sp³-hybridized carbons (Fsp3) is 0.412. The molecule has 0 aliphatic carbocycles. The van der Waals surface area contributed by atoms with Crippen LogP contribution < -0.4 is 5.32 Å². The molecule has 0 radical (unpaired) electrons. The first-order valence-electron chi connectivity index (χ1n) is 7.23. The third kappa shape index (κ3) is 3.53. The van der Waals surface area contributed by atoms with E-state index in [1.807, 2.05) is 12.1 Å². The standard InChI is InChI=1S/C17H22BrNO/c1-4-9-19-15(10-12(3)5-2)16-11-13-7-6-8-14(18)17(13)20-16/h6-8,11,15,19H,3-5,9-10H2,1-2H3. The van der Waals surface area contributed by atoms with E-state index < -0.39 is 0 Å². The summed E-state index contributed by atoms with van der Waals surface area (Å²) in [5, 5.41) is 4.70. The van der Waals surface area contributed by atoms with Crippen LogP contribution in [-0.4, -0.2) is 6.54 Å². The molecular weight excluding hydrogens is 314 g/mol. The maximum absolute atomic E-state index is 6.05. The fourth-order valence-corrected chi connectivity index (χ4v) is 2.71. The van der Waals surface area contributed by atoms with Crippen molar-refractivity contribution >= 4 is 26.9 Å². The average molecular weight is 336 g/mol. The van der Waals surface area contributed by atoms with E-state index in [2.05, 4.69) is 53.8 Å². The number of halogens is 1. The Hall–Kier alpha value is -1.06. The van der Waals surface area contributed by atoms with Gasteiger partial charge in [-0.1, -0.05) is 38.1 Å². The number of rotatable bonds is 7. The van der Waals surface area contributed by atoms with Crippen molar-refractivity contribution in [3.05, 3.63) is 46.7 Å². The van der Waals surface area contributed by atoms with Crippen LogP contribution in [0.25, 0.3) is 11.0 Å². The lowest BCUT2D eigenvalue weighted by atomic mass is 10.0. The first-order chi connectivity index (χ1) is 9.65. The first-order valence-corrected chi connectivity index (χ1v) is 8.03. The van der Waals surface area contributed by atoms with Gasteiger partial charge in [0, 0.05) is 5.39 Å². The Morgan fingerprint density at radius 3 is 2.85 bits per heavy atom. The molecular formula is C17H22BrNO. The van der Waals surface area contributed by atoms with E-state index in [1.165, 1.54) is 5.57 Å². The van der Waals surface area contributed by atoms with Gasteiger partial charge in [-0.25, -0.2) is 0 Å². The van der Waals surface area contributed by atoms with E-state index in [1.54, 1.807) is 0 Å². The smallest absolute Gasteiger partial charge is 0.148 e. The van der Waals surface area contributed by atoms with Crippen molar-refractivity contribution in [2.45, 2.75) is 39.2 Å². The summed E-state index contributed by atoms with van der Waals surface area (Å²) >= 11 is 3.54. The quantitative estimate of drug-likeness (QED) is 0.667. The second kappa shape index (κ2) is 7.09. The van der Waals surface area contributed by atoms with Gasteiger partial charge < -0.3 is 9.73 Å². The molecule has 1 N–H and O–H groups in total. The topological polar surface area (TPSA) is 25.2 Å². The average Bonchev–Trinajstić information content (AvgIpc) is 2.88. The second-order valence-electron chi connectivity index (χ2n) is 5.12. The summed E-state index contributed by atoms with van der Waals surface area (Å²) in [6.07, 6.45) is 3.04. The van der Waals surface area contributed by atoms with E-state index >= 15 is 0 Å². The van der Waals surface area contributed by atoms with Crippen LogP contribution in [0.15, 0.2) is 45.3 Å². The van der Waals surface area contributed by atoms with Gasteiger partial charge in [-0.2, -0.15) is 0 Å². The molecule has 1 aromatic carbocycles. The molecule has 0 bridgehead atoms. The Bertz CT molecular complexity index is 588. The molecule has 0 aliphatic rings. The number of fused-ring (bicyclic) bond motifs is 1. The number of furan rings is 1. The highest BCUT2D eigenvalue weighted by atomic mass is 79.9. The second-order valence-corrected chi connectivity index (χ2v) is 5.98. The Kier molecular flexibility index (Phi) is 5.44. The van der Waals surface area contributed by atoms with Gasteiger partial charge in [-0.3, -0.25) is 0 Å². The van der Waals surface area contributed by atoms with Gasteiger partial charge in [0.1, 0.15) is 11.3 Å². The molecule has 1 atom stereocenters. The van der Waals surface area contributed by atoms with Gasteiger partial charge in [0.15, 0.2) is 0 Å². The lowest BCUT2D eigenvalue weighted by Gasteiger charge is -2.17. The zero-order chi connectivity index (χ0) is 14.5. The van der Waals surface area contributed by atoms with Gasteiger partial charge in [0.05, 0.1) is 10.5 Å². The molecule has 0 amide bonds. The van der Waals surface area contributed by atoms with E-state index in [4.69, 9.17) is 4.42 Å². The van der Waals surface area contributed by atoms with Gasteiger partial charge in [-0.05, 0) is 53.9 Å². The first kappa shape index (κ1) is 15.3. The molecule has 108 valence electrons.